The van der Waals surface area contributed by atoms with Gasteiger partial charge in [0, 0.05) is 27.6 Å². The first kappa shape index (κ1) is 23.1. The molecule has 6 nitrogen and oxygen atoms in total. The van der Waals surface area contributed by atoms with E-state index in [4.69, 9.17) is 21.3 Å². The van der Waals surface area contributed by atoms with Crippen LogP contribution in [0.3, 0.4) is 0 Å². The van der Waals surface area contributed by atoms with Gasteiger partial charge in [0.15, 0.2) is 5.02 Å². The molecular formula is C25H25ClN4O2S. The predicted octanol–water partition coefficient (Wildman–Crippen LogP) is 5.90. The van der Waals surface area contributed by atoms with E-state index in [2.05, 4.69) is 30.7 Å². The van der Waals surface area contributed by atoms with Crippen LogP contribution in [-0.2, 0) is 12.0 Å². The maximum absolute atomic E-state index is 13.1. The minimum absolute atomic E-state index is 0.0463. The van der Waals surface area contributed by atoms with Gasteiger partial charge in [-0.05, 0) is 43.5 Å². The molecule has 0 radical (unpaired) electrons. The highest BCUT2D eigenvalue weighted by molar-refractivity contribution is 7.10. The Morgan fingerprint density at radius 2 is 1.91 bits per heavy atom. The largest absolute Gasteiger partial charge is 0.472 e. The van der Waals surface area contributed by atoms with Crippen LogP contribution in [0, 0.1) is 13.8 Å². The summed E-state index contributed by atoms with van der Waals surface area (Å²) in [6.45, 7) is 10.3. The molecule has 0 unspecified atom stereocenters. The molecule has 0 atom stereocenters. The van der Waals surface area contributed by atoms with Crippen LogP contribution in [0.2, 0.25) is 5.02 Å². The number of aryl methyl sites for hydroxylation is 2. The molecule has 0 aliphatic heterocycles. The van der Waals surface area contributed by atoms with Gasteiger partial charge in [0.25, 0.3) is 5.56 Å². The Bertz CT molecular complexity index is 1370. The number of ether oxygens (including phenoxy) is 1. The van der Waals surface area contributed by atoms with E-state index in [-0.39, 0.29) is 21.9 Å². The highest BCUT2D eigenvalue weighted by atomic mass is 35.5. The molecule has 0 bridgehead atoms. The average Bonchev–Trinajstić information content (AvgIpc) is 3.20. The third kappa shape index (κ3) is 4.99. The highest BCUT2D eigenvalue weighted by Gasteiger charge is 2.19. The second-order valence-corrected chi connectivity index (χ2v) is 10.3. The second-order valence-electron chi connectivity index (χ2n) is 8.84. The van der Waals surface area contributed by atoms with E-state index in [9.17, 15) is 4.79 Å². The van der Waals surface area contributed by atoms with Crippen LogP contribution in [0.1, 0.15) is 42.9 Å². The Hall–Kier alpha value is -3.03. The molecule has 0 fully saturated rings. The molecule has 170 valence electrons. The SMILES string of the molecule is Cc1cc(COc2nc(C)n(-c3cccc(-c4ccnc(C(C)(C)C)n4)c3)c(=O)c2Cl)cs1. The summed E-state index contributed by atoms with van der Waals surface area (Å²) < 4.78 is 7.25. The molecule has 33 heavy (non-hydrogen) atoms. The quantitative estimate of drug-likeness (QED) is 0.355. The number of nitrogens with zero attached hydrogens (tertiary/aromatic N) is 4. The number of rotatable bonds is 5. The van der Waals surface area contributed by atoms with Crippen molar-refractivity contribution in [1.82, 2.24) is 19.5 Å². The van der Waals surface area contributed by atoms with Gasteiger partial charge in [0.1, 0.15) is 18.3 Å². The van der Waals surface area contributed by atoms with Crippen molar-refractivity contribution in [2.24, 2.45) is 0 Å². The topological polar surface area (TPSA) is 69.9 Å². The van der Waals surface area contributed by atoms with Crippen molar-refractivity contribution >= 4 is 22.9 Å². The first-order chi connectivity index (χ1) is 15.6. The Kier molecular flexibility index (Phi) is 6.36. The van der Waals surface area contributed by atoms with Gasteiger partial charge in [0.2, 0.25) is 5.88 Å². The van der Waals surface area contributed by atoms with E-state index < -0.39 is 0 Å². The summed E-state index contributed by atoms with van der Waals surface area (Å²) in [5.41, 5.74) is 2.78. The lowest BCUT2D eigenvalue weighted by Crippen LogP contribution is -2.23. The maximum atomic E-state index is 13.1. The average molecular weight is 481 g/mol. The van der Waals surface area contributed by atoms with E-state index in [1.54, 1.807) is 24.5 Å². The third-order valence-electron chi connectivity index (χ3n) is 5.05. The Labute approximate surface area is 201 Å². The van der Waals surface area contributed by atoms with Gasteiger partial charge in [-0.25, -0.2) is 9.97 Å². The van der Waals surface area contributed by atoms with Gasteiger partial charge >= 0.3 is 0 Å². The Balaban J connectivity index is 1.69. The van der Waals surface area contributed by atoms with Crippen molar-refractivity contribution in [3.63, 3.8) is 0 Å². The summed E-state index contributed by atoms with van der Waals surface area (Å²) in [5.74, 6) is 1.38. The van der Waals surface area contributed by atoms with Crippen molar-refractivity contribution in [2.45, 2.75) is 46.6 Å². The van der Waals surface area contributed by atoms with Crippen LogP contribution < -0.4 is 10.3 Å². The minimum Gasteiger partial charge on any atom is -0.472 e. The van der Waals surface area contributed by atoms with Gasteiger partial charge in [-0.3, -0.25) is 9.36 Å². The number of halogens is 1. The Morgan fingerprint density at radius 3 is 2.61 bits per heavy atom. The standard InChI is InChI=1S/C25H25ClN4O2S/c1-15-11-17(14-33-15)13-32-22-21(26)23(31)30(16(2)28-22)19-8-6-7-18(12-19)20-9-10-27-24(29-20)25(3,4)5/h6-12,14H,13H2,1-5H3. The van der Waals surface area contributed by atoms with Crippen LogP contribution in [-0.4, -0.2) is 19.5 Å². The molecule has 0 spiro atoms. The third-order valence-corrected chi connectivity index (χ3v) is 6.29. The fourth-order valence-electron chi connectivity index (χ4n) is 3.39. The lowest BCUT2D eigenvalue weighted by Gasteiger charge is -2.17. The summed E-state index contributed by atoms with van der Waals surface area (Å²) in [6.07, 6.45) is 1.76. The number of benzene rings is 1. The lowest BCUT2D eigenvalue weighted by atomic mass is 9.95. The van der Waals surface area contributed by atoms with Gasteiger partial charge in [-0.15, -0.1) is 11.3 Å². The van der Waals surface area contributed by atoms with E-state index in [0.717, 1.165) is 22.6 Å². The van der Waals surface area contributed by atoms with E-state index in [1.165, 1.54) is 9.44 Å². The zero-order chi connectivity index (χ0) is 23.8. The fourth-order valence-corrected chi connectivity index (χ4v) is 4.27. The second kappa shape index (κ2) is 9.08. The van der Waals surface area contributed by atoms with Gasteiger partial charge in [-0.2, -0.15) is 4.98 Å². The van der Waals surface area contributed by atoms with E-state index in [0.29, 0.717) is 18.1 Å². The molecule has 3 aromatic heterocycles. The molecule has 4 rings (SSSR count). The van der Waals surface area contributed by atoms with E-state index in [1.807, 2.05) is 48.7 Å². The molecule has 1 aromatic carbocycles. The van der Waals surface area contributed by atoms with Gasteiger partial charge in [-0.1, -0.05) is 44.5 Å². The number of thiophene rings is 1. The molecule has 0 aliphatic rings. The van der Waals surface area contributed by atoms with Crippen LogP contribution >= 0.6 is 22.9 Å². The molecule has 0 amide bonds. The smallest absolute Gasteiger partial charge is 0.280 e. The zero-order valence-corrected chi connectivity index (χ0v) is 20.8. The van der Waals surface area contributed by atoms with Crippen LogP contribution in [0.25, 0.3) is 16.9 Å². The van der Waals surface area contributed by atoms with Crippen molar-refractivity contribution < 1.29 is 4.74 Å². The van der Waals surface area contributed by atoms with Gasteiger partial charge in [0.05, 0.1) is 11.4 Å². The highest BCUT2D eigenvalue weighted by Crippen LogP contribution is 2.26. The van der Waals surface area contributed by atoms with Crippen LogP contribution in [0.4, 0.5) is 0 Å². The normalized spacial score (nSPS) is 11.6. The fraction of sp³-hybridized carbons (Fsp3) is 0.280. The summed E-state index contributed by atoms with van der Waals surface area (Å²) in [4.78, 5) is 27.9. The van der Waals surface area contributed by atoms with Crippen LogP contribution in [0.5, 0.6) is 5.88 Å². The molecular weight excluding hydrogens is 456 g/mol. The molecule has 0 saturated heterocycles. The monoisotopic (exact) mass is 480 g/mol. The zero-order valence-electron chi connectivity index (χ0n) is 19.2. The van der Waals surface area contributed by atoms with Crippen LogP contribution in [0.15, 0.2) is 52.8 Å². The first-order valence-corrected chi connectivity index (χ1v) is 11.8. The number of hydrogen-bond acceptors (Lipinski definition) is 6. The number of hydrogen-bond donors (Lipinski definition) is 0. The number of aromatic nitrogens is 4. The molecule has 4 aromatic rings. The van der Waals surface area contributed by atoms with Crippen molar-refractivity contribution in [3.05, 3.63) is 85.4 Å². The summed E-state index contributed by atoms with van der Waals surface area (Å²) >= 11 is 8.02. The van der Waals surface area contributed by atoms with E-state index >= 15 is 0 Å². The molecule has 8 heteroatoms. The van der Waals surface area contributed by atoms with Crippen molar-refractivity contribution in [1.29, 1.82) is 0 Å². The summed E-state index contributed by atoms with van der Waals surface area (Å²) in [7, 11) is 0. The molecule has 0 saturated carbocycles. The molecule has 0 N–H and O–H groups in total. The predicted molar refractivity (Wildman–Crippen MR) is 133 cm³/mol. The summed E-state index contributed by atoms with van der Waals surface area (Å²) in [6, 6.07) is 11.5. The maximum Gasteiger partial charge on any atom is 0.280 e. The molecule has 0 aliphatic carbocycles. The first-order valence-electron chi connectivity index (χ1n) is 10.5. The van der Waals surface area contributed by atoms with Crippen molar-refractivity contribution in [2.75, 3.05) is 0 Å². The van der Waals surface area contributed by atoms with Crippen molar-refractivity contribution in [3.8, 4) is 22.8 Å². The molecule has 3 heterocycles. The summed E-state index contributed by atoms with van der Waals surface area (Å²) in [5, 5.41) is 1.97. The minimum atomic E-state index is -0.379. The lowest BCUT2D eigenvalue weighted by molar-refractivity contribution is 0.292. The Morgan fingerprint density at radius 1 is 1.12 bits per heavy atom. The van der Waals surface area contributed by atoms with Gasteiger partial charge < -0.3 is 4.74 Å².